The fourth-order valence-electron chi connectivity index (χ4n) is 4.27. The zero-order valence-electron chi connectivity index (χ0n) is 21.2. The molecule has 1 unspecified atom stereocenters. The molecule has 4 N–H and O–H groups in total. The average Bonchev–Trinajstić information content (AvgIpc) is 2.93. The summed E-state index contributed by atoms with van der Waals surface area (Å²) in [6.45, 7) is 5.16. The van der Waals surface area contributed by atoms with E-state index >= 15 is 0 Å². The first-order valence-electron chi connectivity index (χ1n) is 12.1. The van der Waals surface area contributed by atoms with Crippen molar-refractivity contribution in [3.63, 3.8) is 0 Å². The van der Waals surface area contributed by atoms with Crippen LogP contribution < -0.4 is 21.3 Å². The van der Waals surface area contributed by atoms with E-state index in [0.717, 1.165) is 5.41 Å². The van der Waals surface area contributed by atoms with Crippen molar-refractivity contribution >= 4 is 50.0 Å². The summed E-state index contributed by atoms with van der Waals surface area (Å²) in [6.07, 6.45) is 1.54. The van der Waals surface area contributed by atoms with Gasteiger partial charge < -0.3 is 11.1 Å². The Morgan fingerprint density at radius 2 is 1.80 bits per heavy atom. The highest BCUT2D eigenvalue weighted by atomic mass is 35.5. The number of nitrogens with one attached hydrogen (secondary N) is 2. The van der Waals surface area contributed by atoms with E-state index in [1.165, 1.54) is 10.8 Å². The van der Waals surface area contributed by atoms with Crippen LogP contribution in [-0.2, 0) is 10.0 Å². The van der Waals surface area contributed by atoms with Crippen molar-refractivity contribution in [2.45, 2.75) is 13.0 Å². The molecule has 0 aliphatic heterocycles. The zero-order chi connectivity index (χ0) is 28.4. The third-order valence-electron chi connectivity index (χ3n) is 6.09. The zero-order valence-corrected chi connectivity index (χ0v) is 22.8. The Labute approximate surface area is 235 Å². The van der Waals surface area contributed by atoms with Crippen LogP contribution in [0.25, 0.3) is 27.7 Å². The first kappa shape index (κ1) is 26.9. The first-order chi connectivity index (χ1) is 19.2. The molecule has 0 saturated carbocycles. The summed E-state index contributed by atoms with van der Waals surface area (Å²) in [5.74, 6) is 0.811. The number of fused-ring (bicyclic) bond motifs is 1. The monoisotopic (exact) mass is 573 g/mol. The van der Waals surface area contributed by atoms with E-state index in [2.05, 4.69) is 26.6 Å². The number of halogens is 1. The molecule has 2 heterocycles. The minimum atomic E-state index is -3.70. The molecule has 40 heavy (non-hydrogen) atoms. The fourth-order valence-corrected chi connectivity index (χ4v) is 5.06. The van der Waals surface area contributed by atoms with Crippen LogP contribution in [0.3, 0.4) is 0 Å². The Kier molecular flexibility index (Phi) is 7.24. The number of anilines is 3. The number of benzene rings is 3. The van der Waals surface area contributed by atoms with Crippen LogP contribution in [-0.4, -0.2) is 27.9 Å². The minimum Gasteiger partial charge on any atom is -0.368 e. The summed E-state index contributed by atoms with van der Waals surface area (Å²) in [6, 6.07) is 20.5. The highest BCUT2D eigenvalue weighted by Gasteiger charge is 2.21. The number of aromatic nitrogens is 4. The van der Waals surface area contributed by atoms with Crippen molar-refractivity contribution in [1.29, 1.82) is 0 Å². The summed E-state index contributed by atoms with van der Waals surface area (Å²) in [7, 11) is -3.70. The summed E-state index contributed by atoms with van der Waals surface area (Å²) in [5, 5.41) is 4.77. The van der Waals surface area contributed by atoms with Gasteiger partial charge in [0.2, 0.25) is 5.95 Å². The van der Waals surface area contributed by atoms with Crippen molar-refractivity contribution in [2.24, 2.45) is 0 Å². The minimum absolute atomic E-state index is 0.0284. The van der Waals surface area contributed by atoms with E-state index in [0.29, 0.717) is 50.1 Å². The summed E-state index contributed by atoms with van der Waals surface area (Å²) in [5.41, 5.74) is 8.21. The van der Waals surface area contributed by atoms with Gasteiger partial charge in [-0.05, 0) is 48.9 Å². The molecule has 0 radical (unpaired) electrons. The lowest BCUT2D eigenvalue weighted by molar-refractivity contribution is 0.609. The van der Waals surface area contributed by atoms with Crippen LogP contribution >= 0.6 is 11.6 Å². The molecule has 5 aromatic rings. The van der Waals surface area contributed by atoms with Gasteiger partial charge in [-0.2, -0.15) is 4.98 Å². The molecule has 0 aliphatic carbocycles. The topological polar surface area (TPSA) is 145 Å². The maximum absolute atomic E-state index is 13.7. The van der Waals surface area contributed by atoms with Crippen LogP contribution in [0.15, 0.2) is 95.8 Å². The molecule has 10 nitrogen and oxygen atoms in total. The molecule has 0 aliphatic rings. The molecular weight excluding hydrogens is 550 g/mol. The second-order valence-corrected chi connectivity index (χ2v) is 10.9. The number of nitrogens with two attached hydrogens (primary N) is 1. The molecular formula is C28H24ClN7O3S. The second kappa shape index (κ2) is 10.8. The van der Waals surface area contributed by atoms with E-state index < -0.39 is 16.1 Å². The Hall–Kier alpha value is -4.74. The molecule has 12 heteroatoms. The molecule has 0 fully saturated rings. The third kappa shape index (κ3) is 5.37. The molecule has 0 amide bonds. The molecule has 0 spiro atoms. The average molecular weight is 574 g/mol. The summed E-state index contributed by atoms with van der Waals surface area (Å²) < 4.78 is 27.9. The number of hydrogen-bond acceptors (Lipinski definition) is 8. The third-order valence-corrected chi connectivity index (χ3v) is 7.36. The van der Waals surface area contributed by atoms with Crippen molar-refractivity contribution in [1.82, 2.24) is 19.5 Å². The Morgan fingerprint density at radius 3 is 2.55 bits per heavy atom. The maximum atomic E-state index is 13.7. The first-order valence-corrected chi connectivity index (χ1v) is 14.0. The van der Waals surface area contributed by atoms with Gasteiger partial charge in [0.05, 0.1) is 27.7 Å². The molecule has 5 rings (SSSR count). The van der Waals surface area contributed by atoms with E-state index in [9.17, 15) is 13.2 Å². The molecule has 0 saturated heterocycles. The standard InChI is InChI=1S/C28H24ClN7O3S/c1-3-40(38,39)35-19-10-7-9-18(15-19)21-16-31-28(30)34-25(21)32-17(2)26-33-23-14-8-13-22(29)24(23)27(37)36(26)20-11-5-4-6-12-20/h3-17,35H,1H2,2H3,(H3,30,31,32,34). The van der Waals surface area contributed by atoms with E-state index in [-0.39, 0.29) is 11.5 Å². The van der Waals surface area contributed by atoms with Crippen LogP contribution in [0.1, 0.15) is 18.8 Å². The highest BCUT2D eigenvalue weighted by molar-refractivity contribution is 7.95. The largest absolute Gasteiger partial charge is 0.368 e. The molecule has 202 valence electrons. The van der Waals surface area contributed by atoms with E-state index in [4.69, 9.17) is 22.3 Å². The van der Waals surface area contributed by atoms with Gasteiger partial charge in [-0.3, -0.25) is 14.1 Å². The van der Waals surface area contributed by atoms with Crippen LogP contribution in [0.5, 0.6) is 0 Å². The quantitative estimate of drug-likeness (QED) is 0.231. The lowest BCUT2D eigenvalue weighted by atomic mass is 10.1. The predicted molar refractivity (Wildman–Crippen MR) is 159 cm³/mol. The number of nitrogen functional groups attached to an aromatic ring is 1. The van der Waals surface area contributed by atoms with E-state index in [1.807, 2.05) is 37.3 Å². The molecule has 0 bridgehead atoms. The number of nitrogens with zero attached hydrogens (tertiary/aromatic N) is 4. The van der Waals surface area contributed by atoms with Crippen molar-refractivity contribution in [2.75, 3.05) is 15.8 Å². The highest BCUT2D eigenvalue weighted by Crippen LogP contribution is 2.31. The van der Waals surface area contributed by atoms with Crippen LogP contribution in [0.4, 0.5) is 17.5 Å². The van der Waals surface area contributed by atoms with Gasteiger partial charge >= 0.3 is 0 Å². The number of rotatable bonds is 8. The number of hydrogen-bond donors (Lipinski definition) is 3. The van der Waals surface area contributed by atoms with Crippen LogP contribution in [0, 0.1) is 0 Å². The van der Waals surface area contributed by atoms with Gasteiger partial charge in [-0.25, -0.2) is 18.4 Å². The summed E-state index contributed by atoms with van der Waals surface area (Å²) in [4.78, 5) is 27.1. The fraction of sp³-hybridized carbons (Fsp3) is 0.0714. The number of para-hydroxylation sites is 1. The van der Waals surface area contributed by atoms with Crippen LogP contribution in [0.2, 0.25) is 5.02 Å². The SMILES string of the molecule is C=CS(=O)(=O)Nc1cccc(-c2cnc(N)nc2NC(C)c2nc3cccc(Cl)c3c(=O)n2-c2ccccc2)c1. The van der Waals surface area contributed by atoms with Crippen molar-refractivity contribution in [3.05, 3.63) is 112 Å². The lowest BCUT2D eigenvalue weighted by Crippen LogP contribution is -2.27. The van der Waals surface area contributed by atoms with Gasteiger partial charge in [-0.15, -0.1) is 0 Å². The Morgan fingerprint density at radius 1 is 1.05 bits per heavy atom. The van der Waals surface area contributed by atoms with Gasteiger partial charge in [0.25, 0.3) is 15.6 Å². The second-order valence-electron chi connectivity index (χ2n) is 8.83. The van der Waals surface area contributed by atoms with Gasteiger partial charge in [0.1, 0.15) is 11.6 Å². The summed E-state index contributed by atoms with van der Waals surface area (Å²) >= 11 is 6.40. The molecule has 1 atom stereocenters. The van der Waals surface area contributed by atoms with Gasteiger partial charge in [0, 0.05) is 22.9 Å². The lowest BCUT2D eigenvalue weighted by Gasteiger charge is -2.21. The van der Waals surface area contributed by atoms with Crippen molar-refractivity contribution in [3.8, 4) is 16.8 Å². The maximum Gasteiger partial charge on any atom is 0.267 e. The molecule has 2 aromatic heterocycles. The van der Waals surface area contributed by atoms with Gasteiger partial charge in [0.15, 0.2) is 0 Å². The van der Waals surface area contributed by atoms with E-state index in [1.54, 1.807) is 42.5 Å². The van der Waals surface area contributed by atoms with Crippen molar-refractivity contribution < 1.29 is 8.42 Å². The predicted octanol–water partition coefficient (Wildman–Crippen LogP) is 5.14. The smallest absolute Gasteiger partial charge is 0.267 e. The van der Waals surface area contributed by atoms with Gasteiger partial charge in [-0.1, -0.05) is 54.6 Å². The normalized spacial score (nSPS) is 12.2. The Balaban J connectivity index is 1.62. The number of sulfonamides is 1. The molecule has 3 aromatic carbocycles. The Bertz CT molecular complexity index is 1910.